The third-order valence-electron chi connectivity index (χ3n) is 2.42. The van der Waals surface area contributed by atoms with Crippen LogP contribution in [0, 0.1) is 5.92 Å². The Morgan fingerprint density at radius 2 is 1.88 bits per heavy atom. The van der Waals surface area contributed by atoms with E-state index < -0.39 is 6.04 Å². The highest BCUT2D eigenvalue weighted by Gasteiger charge is 2.14. The molecule has 0 spiro atoms. The summed E-state index contributed by atoms with van der Waals surface area (Å²) in [6, 6.07) is 6.62. The van der Waals surface area contributed by atoms with E-state index in [-0.39, 0.29) is 12.4 Å². The Labute approximate surface area is 96.3 Å². The zero-order valence-corrected chi connectivity index (χ0v) is 9.81. The lowest BCUT2D eigenvalue weighted by Crippen LogP contribution is -2.33. The minimum absolute atomic E-state index is 0.210. The number of rotatable bonds is 5. The van der Waals surface area contributed by atoms with Crippen LogP contribution in [-0.4, -0.2) is 23.5 Å². The van der Waals surface area contributed by atoms with Gasteiger partial charge in [-0.05, 0) is 17.9 Å². The number of carbonyl (C=O) groups excluding carboxylic acids is 1. The Morgan fingerprint density at radius 3 is 2.31 bits per heavy atom. The van der Waals surface area contributed by atoms with Gasteiger partial charge in [-0.15, -0.1) is 0 Å². The van der Waals surface area contributed by atoms with Crippen LogP contribution in [-0.2, 0) is 6.42 Å². The molecule has 16 heavy (non-hydrogen) atoms. The lowest BCUT2D eigenvalue weighted by molar-refractivity contribution is 0.0925. The van der Waals surface area contributed by atoms with Crippen molar-refractivity contribution in [2.75, 3.05) is 6.61 Å². The fourth-order valence-electron chi connectivity index (χ4n) is 1.57. The Bertz CT molecular complexity index is 343. The molecule has 1 aromatic carbocycles. The van der Waals surface area contributed by atoms with Gasteiger partial charge in [0, 0.05) is 5.56 Å². The van der Waals surface area contributed by atoms with Gasteiger partial charge in [-0.1, -0.05) is 38.1 Å². The number of aliphatic hydroxyl groups excluding tert-OH is 1. The fourth-order valence-corrected chi connectivity index (χ4v) is 1.57. The van der Waals surface area contributed by atoms with Crippen LogP contribution >= 0.6 is 0 Å². The van der Waals surface area contributed by atoms with E-state index in [0.29, 0.717) is 11.5 Å². The van der Waals surface area contributed by atoms with Crippen molar-refractivity contribution in [1.29, 1.82) is 0 Å². The molecular weight excluding hydrogens is 202 g/mol. The zero-order valence-electron chi connectivity index (χ0n) is 9.81. The van der Waals surface area contributed by atoms with Crippen molar-refractivity contribution in [3.05, 3.63) is 35.4 Å². The molecule has 0 aliphatic carbocycles. The number of aliphatic hydroxyl groups is 1. The van der Waals surface area contributed by atoms with E-state index in [2.05, 4.69) is 13.8 Å². The van der Waals surface area contributed by atoms with E-state index in [1.54, 1.807) is 12.1 Å². The third kappa shape index (κ3) is 3.43. The molecule has 0 heterocycles. The Kier molecular flexibility index (Phi) is 4.65. The molecule has 0 saturated carbocycles. The smallest absolute Gasteiger partial charge is 0.181 e. The summed E-state index contributed by atoms with van der Waals surface area (Å²) < 4.78 is 0. The van der Waals surface area contributed by atoms with Gasteiger partial charge < -0.3 is 10.8 Å². The molecule has 1 unspecified atom stereocenters. The highest BCUT2D eigenvalue weighted by Crippen LogP contribution is 2.10. The molecule has 0 fully saturated rings. The largest absolute Gasteiger partial charge is 0.394 e. The zero-order chi connectivity index (χ0) is 12.1. The molecule has 0 bridgehead atoms. The lowest BCUT2D eigenvalue weighted by atomic mass is 9.99. The van der Waals surface area contributed by atoms with Crippen molar-refractivity contribution in [3.63, 3.8) is 0 Å². The van der Waals surface area contributed by atoms with E-state index in [1.165, 1.54) is 5.56 Å². The third-order valence-corrected chi connectivity index (χ3v) is 2.42. The average molecular weight is 221 g/mol. The summed E-state index contributed by atoms with van der Waals surface area (Å²) in [5.41, 5.74) is 7.24. The summed E-state index contributed by atoms with van der Waals surface area (Å²) in [7, 11) is 0. The molecule has 88 valence electrons. The number of benzene rings is 1. The van der Waals surface area contributed by atoms with Crippen molar-refractivity contribution in [3.8, 4) is 0 Å². The second kappa shape index (κ2) is 5.77. The Hall–Kier alpha value is -1.19. The van der Waals surface area contributed by atoms with Crippen molar-refractivity contribution in [2.24, 2.45) is 11.7 Å². The molecular formula is C13H19NO2. The lowest BCUT2D eigenvalue weighted by Gasteiger charge is -2.08. The minimum atomic E-state index is -0.809. The van der Waals surface area contributed by atoms with Gasteiger partial charge in [-0.25, -0.2) is 0 Å². The molecule has 0 aliphatic rings. The predicted octanol–water partition coefficient (Wildman–Crippen LogP) is 1.39. The van der Waals surface area contributed by atoms with Crippen molar-refractivity contribution >= 4 is 5.78 Å². The summed E-state index contributed by atoms with van der Waals surface area (Å²) in [6.07, 6.45) is 1.00. The summed E-state index contributed by atoms with van der Waals surface area (Å²) in [5, 5.41) is 8.79. The average Bonchev–Trinajstić information content (AvgIpc) is 2.27. The number of carbonyl (C=O) groups is 1. The summed E-state index contributed by atoms with van der Waals surface area (Å²) in [4.78, 5) is 11.6. The highest BCUT2D eigenvalue weighted by molar-refractivity contribution is 6.00. The normalized spacial score (nSPS) is 12.8. The number of hydrogen-bond acceptors (Lipinski definition) is 3. The van der Waals surface area contributed by atoms with E-state index >= 15 is 0 Å². The molecule has 1 aromatic rings. The van der Waals surface area contributed by atoms with Gasteiger partial charge in [-0.3, -0.25) is 4.79 Å². The van der Waals surface area contributed by atoms with Crippen LogP contribution in [0.2, 0.25) is 0 Å². The predicted molar refractivity (Wildman–Crippen MR) is 64.4 cm³/mol. The molecule has 1 atom stereocenters. The van der Waals surface area contributed by atoms with Crippen LogP contribution < -0.4 is 5.73 Å². The maximum absolute atomic E-state index is 11.6. The standard InChI is InChI=1S/C13H19NO2/c1-9(2)7-10-3-5-11(6-4-10)13(16)12(14)8-15/h3-6,9,12,15H,7-8,14H2,1-2H3. The maximum atomic E-state index is 11.6. The van der Waals surface area contributed by atoms with Gasteiger partial charge in [0.1, 0.15) is 0 Å². The van der Waals surface area contributed by atoms with Crippen LogP contribution in [0.5, 0.6) is 0 Å². The fraction of sp³-hybridized carbons (Fsp3) is 0.462. The first kappa shape index (κ1) is 12.9. The quantitative estimate of drug-likeness (QED) is 0.738. The molecule has 0 saturated heterocycles. The van der Waals surface area contributed by atoms with E-state index in [4.69, 9.17) is 10.8 Å². The first-order chi connectivity index (χ1) is 7.54. The molecule has 0 aliphatic heterocycles. The van der Waals surface area contributed by atoms with Crippen molar-refractivity contribution in [2.45, 2.75) is 26.3 Å². The summed E-state index contributed by atoms with van der Waals surface area (Å²) in [6.45, 7) is 3.99. The van der Waals surface area contributed by atoms with Crippen LogP contribution in [0.4, 0.5) is 0 Å². The van der Waals surface area contributed by atoms with Gasteiger partial charge in [0.15, 0.2) is 5.78 Å². The molecule has 1 rings (SSSR count). The Morgan fingerprint density at radius 1 is 1.31 bits per heavy atom. The number of ketones is 1. The van der Waals surface area contributed by atoms with Gasteiger partial charge in [0.2, 0.25) is 0 Å². The van der Waals surface area contributed by atoms with Gasteiger partial charge in [0.25, 0.3) is 0 Å². The molecule has 3 heteroatoms. The maximum Gasteiger partial charge on any atom is 0.181 e. The van der Waals surface area contributed by atoms with Crippen LogP contribution in [0.1, 0.15) is 29.8 Å². The highest BCUT2D eigenvalue weighted by atomic mass is 16.3. The van der Waals surface area contributed by atoms with E-state index in [1.807, 2.05) is 12.1 Å². The van der Waals surface area contributed by atoms with Crippen molar-refractivity contribution in [1.82, 2.24) is 0 Å². The molecule has 3 nitrogen and oxygen atoms in total. The van der Waals surface area contributed by atoms with E-state index in [9.17, 15) is 4.79 Å². The van der Waals surface area contributed by atoms with E-state index in [0.717, 1.165) is 6.42 Å². The van der Waals surface area contributed by atoms with Crippen molar-refractivity contribution < 1.29 is 9.90 Å². The first-order valence-corrected chi connectivity index (χ1v) is 5.54. The van der Waals surface area contributed by atoms with Crippen LogP contribution in [0.3, 0.4) is 0 Å². The molecule has 0 aromatic heterocycles. The van der Waals surface area contributed by atoms with Gasteiger partial charge >= 0.3 is 0 Å². The topological polar surface area (TPSA) is 63.3 Å². The molecule has 0 amide bonds. The summed E-state index contributed by atoms with van der Waals surface area (Å²) >= 11 is 0. The monoisotopic (exact) mass is 221 g/mol. The SMILES string of the molecule is CC(C)Cc1ccc(C(=O)C(N)CO)cc1. The number of nitrogens with two attached hydrogens (primary N) is 1. The first-order valence-electron chi connectivity index (χ1n) is 5.54. The molecule has 0 radical (unpaired) electrons. The second-order valence-corrected chi connectivity index (χ2v) is 4.45. The Balaban J connectivity index is 2.74. The summed E-state index contributed by atoms with van der Waals surface area (Å²) in [5.74, 6) is 0.389. The van der Waals surface area contributed by atoms with Gasteiger partial charge in [-0.2, -0.15) is 0 Å². The van der Waals surface area contributed by atoms with Crippen LogP contribution in [0.15, 0.2) is 24.3 Å². The minimum Gasteiger partial charge on any atom is -0.394 e. The second-order valence-electron chi connectivity index (χ2n) is 4.45. The molecule has 3 N–H and O–H groups in total. The van der Waals surface area contributed by atoms with Gasteiger partial charge in [0.05, 0.1) is 12.6 Å². The van der Waals surface area contributed by atoms with Crippen LogP contribution in [0.25, 0.3) is 0 Å². The number of hydrogen-bond donors (Lipinski definition) is 2. The number of Topliss-reactive ketones (excluding diaryl/α,β-unsaturated/α-hetero) is 1.